The van der Waals surface area contributed by atoms with Gasteiger partial charge in [-0.3, -0.25) is 9.97 Å². The van der Waals surface area contributed by atoms with Crippen LogP contribution in [-0.4, -0.2) is 29.7 Å². The molecule has 0 amide bonds. The SMILES string of the molecule is CC(OCCC1CCCNC1)c1cnccn1.Cl. The van der Waals surface area contributed by atoms with Gasteiger partial charge in [0.1, 0.15) is 0 Å². The average molecular weight is 272 g/mol. The van der Waals surface area contributed by atoms with Crippen molar-refractivity contribution in [2.75, 3.05) is 19.7 Å². The molecule has 1 fully saturated rings. The van der Waals surface area contributed by atoms with E-state index in [1.807, 2.05) is 6.92 Å². The second kappa shape index (κ2) is 8.40. The lowest BCUT2D eigenvalue weighted by Gasteiger charge is -2.23. The van der Waals surface area contributed by atoms with Crippen LogP contribution < -0.4 is 5.32 Å². The Bertz CT molecular complexity index is 317. The van der Waals surface area contributed by atoms with E-state index >= 15 is 0 Å². The van der Waals surface area contributed by atoms with Crippen molar-refractivity contribution in [1.29, 1.82) is 0 Å². The van der Waals surface area contributed by atoms with Crippen molar-refractivity contribution in [3.05, 3.63) is 24.3 Å². The van der Waals surface area contributed by atoms with Gasteiger partial charge in [-0.1, -0.05) is 0 Å². The molecule has 4 nitrogen and oxygen atoms in total. The predicted molar refractivity (Wildman–Crippen MR) is 73.9 cm³/mol. The standard InChI is InChI=1S/C13H21N3O.ClH/c1-11(13-10-15-6-7-16-13)17-8-4-12-3-2-5-14-9-12;/h6-7,10-12,14H,2-5,8-9H2,1H3;1H. The second-order valence-electron chi connectivity index (χ2n) is 4.64. The molecule has 2 rings (SSSR count). The van der Waals surface area contributed by atoms with Crippen molar-refractivity contribution in [1.82, 2.24) is 15.3 Å². The minimum atomic E-state index is 0. The third-order valence-corrected chi connectivity index (χ3v) is 3.29. The van der Waals surface area contributed by atoms with E-state index in [0.717, 1.165) is 31.2 Å². The number of halogens is 1. The van der Waals surface area contributed by atoms with Gasteiger partial charge in [0.2, 0.25) is 0 Å². The van der Waals surface area contributed by atoms with Crippen molar-refractivity contribution in [2.45, 2.75) is 32.3 Å². The van der Waals surface area contributed by atoms with Crippen LogP contribution in [0.1, 0.15) is 38.0 Å². The summed E-state index contributed by atoms with van der Waals surface area (Å²) in [5, 5.41) is 3.43. The molecule has 0 radical (unpaired) electrons. The molecule has 102 valence electrons. The van der Waals surface area contributed by atoms with Gasteiger partial charge in [-0.05, 0) is 45.2 Å². The van der Waals surface area contributed by atoms with Crippen molar-refractivity contribution in [3.63, 3.8) is 0 Å². The van der Waals surface area contributed by atoms with Crippen LogP contribution in [0.3, 0.4) is 0 Å². The molecule has 18 heavy (non-hydrogen) atoms. The highest BCUT2D eigenvalue weighted by atomic mass is 35.5. The molecule has 0 spiro atoms. The molecule has 0 bridgehead atoms. The molecule has 1 aliphatic rings. The number of ether oxygens (including phenoxy) is 1. The molecule has 1 N–H and O–H groups in total. The summed E-state index contributed by atoms with van der Waals surface area (Å²) in [5.41, 5.74) is 0.911. The van der Waals surface area contributed by atoms with Crippen LogP contribution in [-0.2, 0) is 4.74 Å². The number of aromatic nitrogens is 2. The fourth-order valence-electron chi connectivity index (χ4n) is 2.19. The molecule has 0 saturated carbocycles. The summed E-state index contributed by atoms with van der Waals surface area (Å²) in [6.07, 6.45) is 8.97. The third kappa shape index (κ3) is 4.88. The highest BCUT2D eigenvalue weighted by molar-refractivity contribution is 5.85. The molecule has 1 saturated heterocycles. The predicted octanol–water partition coefficient (Wildman–Crippen LogP) is 2.37. The summed E-state index contributed by atoms with van der Waals surface area (Å²) >= 11 is 0. The maximum absolute atomic E-state index is 5.80. The van der Waals surface area contributed by atoms with Gasteiger partial charge < -0.3 is 10.1 Å². The lowest BCUT2D eigenvalue weighted by atomic mass is 9.97. The van der Waals surface area contributed by atoms with Crippen LogP contribution in [0, 0.1) is 5.92 Å². The first-order valence-electron chi connectivity index (χ1n) is 6.44. The summed E-state index contributed by atoms with van der Waals surface area (Å²) in [4.78, 5) is 8.30. The van der Waals surface area contributed by atoms with Gasteiger partial charge in [0.25, 0.3) is 0 Å². The van der Waals surface area contributed by atoms with Gasteiger partial charge in [-0.2, -0.15) is 0 Å². The van der Waals surface area contributed by atoms with E-state index in [2.05, 4.69) is 15.3 Å². The van der Waals surface area contributed by atoms with Crippen molar-refractivity contribution in [3.8, 4) is 0 Å². The summed E-state index contributed by atoms with van der Waals surface area (Å²) in [5.74, 6) is 0.776. The molecule has 2 atom stereocenters. The van der Waals surface area contributed by atoms with E-state index in [0.29, 0.717) is 0 Å². The molecule has 2 unspecified atom stereocenters. The van der Waals surface area contributed by atoms with Crippen molar-refractivity contribution >= 4 is 12.4 Å². The minimum Gasteiger partial charge on any atom is -0.372 e. The van der Waals surface area contributed by atoms with E-state index in [1.54, 1.807) is 18.6 Å². The fraction of sp³-hybridized carbons (Fsp3) is 0.692. The molecule has 2 heterocycles. The topological polar surface area (TPSA) is 47.0 Å². The number of hydrogen-bond acceptors (Lipinski definition) is 4. The van der Waals surface area contributed by atoms with E-state index in [1.165, 1.54) is 19.4 Å². The fourth-order valence-corrected chi connectivity index (χ4v) is 2.19. The highest BCUT2D eigenvalue weighted by Gasteiger charge is 2.13. The zero-order valence-electron chi connectivity index (χ0n) is 10.8. The van der Waals surface area contributed by atoms with E-state index in [-0.39, 0.29) is 18.5 Å². The lowest BCUT2D eigenvalue weighted by Crippen LogP contribution is -2.30. The molecule has 1 aromatic rings. The van der Waals surface area contributed by atoms with Crippen LogP contribution in [0.25, 0.3) is 0 Å². The smallest absolute Gasteiger partial charge is 0.0982 e. The van der Waals surface area contributed by atoms with Gasteiger partial charge in [-0.15, -0.1) is 12.4 Å². The molecular formula is C13H22ClN3O. The lowest BCUT2D eigenvalue weighted by molar-refractivity contribution is 0.0510. The van der Waals surface area contributed by atoms with E-state index in [9.17, 15) is 0 Å². The van der Waals surface area contributed by atoms with Crippen molar-refractivity contribution < 1.29 is 4.74 Å². The Morgan fingerprint density at radius 1 is 1.50 bits per heavy atom. The molecule has 1 aromatic heterocycles. The van der Waals surface area contributed by atoms with Crippen LogP contribution in [0.4, 0.5) is 0 Å². The van der Waals surface area contributed by atoms with Gasteiger partial charge >= 0.3 is 0 Å². The number of nitrogens with zero attached hydrogens (tertiary/aromatic N) is 2. The Labute approximate surface area is 115 Å². The molecular weight excluding hydrogens is 250 g/mol. The number of hydrogen-bond donors (Lipinski definition) is 1. The third-order valence-electron chi connectivity index (χ3n) is 3.29. The molecule has 0 aliphatic carbocycles. The Hall–Kier alpha value is -0.710. The quantitative estimate of drug-likeness (QED) is 0.893. The van der Waals surface area contributed by atoms with Gasteiger partial charge in [-0.25, -0.2) is 0 Å². The van der Waals surface area contributed by atoms with Crippen LogP contribution in [0.15, 0.2) is 18.6 Å². The number of rotatable bonds is 5. The number of nitrogens with one attached hydrogen (secondary N) is 1. The maximum atomic E-state index is 5.80. The Kier molecular flexibility index (Phi) is 7.16. The molecule has 5 heteroatoms. The monoisotopic (exact) mass is 271 g/mol. The Morgan fingerprint density at radius 3 is 3.06 bits per heavy atom. The highest BCUT2D eigenvalue weighted by Crippen LogP contribution is 2.17. The van der Waals surface area contributed by atoms with Crippen LogP contribution >= 0.6 is 12.4 Å². The average Bonchev–Trinajstić information content (AvgIpc) is 2.41. The van der Waals surface area contributed by atoms with E-state index < -0.39 is 0 Å². The minimum absolute atomic E-state index is 0. The first-order chi connectivity index (χ1) is 8.36. The van der Waals surface area contributed by atoms with Crippen LogP contribution in [0.5, 0.6) is 0 Å². The zero-order chi connectivity index (χ0) is 11.9. The van der Waals surface area contributed by atoms with E-state index in [4.69, 9.17) is 4.74 Å². The zero-order valence-corrected chi connectivity index (χ0v) is 11.7. The first-order valence-corrected chi connectivity index (χ1v) is 6.44. The molecule has 0 aromatic carbocycles. The summed E-state index contributed by atoms with van der Waals surface area (Å²) in [6.45, 7) is 5.16. The maximum Gasteiger partial charge on any atom is 0.0982 e. The van der Waals surface area contributed by atoms with Gasteiger partial charge in [0, 0.05) is 19.0 Å². The summed E-state index contributed by atoms with van der Waals surface area (Å²) in [6, 6.07) is 0. The summed E-state index contributed by atoms with van der Waals surface area (Å²) < 4.78 is 5.80. The van der Waals surface area contributed by atoms with Crippen molar-refractivity contribution in [2.24, 2.45) is 5.92 Å². The van der Waals surface area contributed by atoms with Gasteiger partial charge in [0.15, 0.2) is 0 Å². The largest absolute Gasteiger partial charge is 0.372 e. The summed E-state index contributed by atoms with van der Waals surface area (Å²) in [7, 11) is 0. The van der Waals surface area contributed by atoms with Gasteiger partial charge in [0.05, 0.1) is 18.0 Å². The Morgan fingerprint density at radius 2 is 2.39 bits per heavy atom. The molecule has 1 aliphatic heterocycles. The normalized spacial score (nSPS) is 21.1. The number of piperidine rings is 1. The Balaban J connectivity index is 0.00000162. The first kappa shape index (κ1) is 15.3. The van der Waals surface area contributed by atoms with Crippen LogP contribution in [0.2, 0.25) is 0 Å². The second-order valence-corrected chi connectivity index (χ2v) is 4.64.